The summed E-state index contributed by atoms with van der Waals surface area (Å²) in [6.45, 7) is 4.19. The Bertz CT molecular complexity index is 221. The van der Waals surface area contributed by atoms with Gasteiger partial charge < -0.3 is 15.8 Å². The lowest BCUT2D eigenvalue weighted by atomic mass is 10.2. The van der Waals surface area contributed by atoms with Crippen LogP contribution >= 0.6 is 0 Å². The van der Waals surface area contributed by atoms with Crippen molar-refractivity contribution in [3.8, 4) is 0 Å². The number of carbonyl (C=O) groups is 2. The summed E-state index contributed by atoms with van der Waals surface area (Å²) < 4.78 is 4.78. The predicted octanol–water partition coefficient (Wildman–Crippen LogP) is -1.40. The van der Waals surface area contributed by atoms with Gasteiger partial charge in [-0.05, 0) is 13.8 Å². The van der Waals surface area contributed by atoms with Crippen LogP contribution in [0.2, 0.25) is 0 Å². The van der Waals surface area contributed by atoms with Gasteiger partial charge in [-0.3, -0.25) is 14.9 Å². The van der Waals surface area contributed by atoms with Crippen molar-refractivity contribution in [2.45, 2.75) is 25.9 Å². The van der Waals surface area contributed by atoms with Gasteiger partial charge in [0.15, 0.2) is 0 Å². The molecule has 0 saturated carbocycles. The molecule has 2 amide bonds. The number of primary amides is 1. The molecule has 0 aromatic carbocycles. The number of hydrogen-bond acceptors (Lipinski definition) is 4. The van der Waals surface area contributed by atoms with E-state index < -0.39 is 18.0 Å². The molecule has 0 radical (unpaired) electrons. The summed E-state index contributed by atoms with van der Waals surface area (Å²) >= 11 is 0. The van der Waals surface area contributed by atoms with Crippen LogP contribution in [0.5, 0.6) is 0 Å². The number of ether oxygens (including phenoxy) is 1. The molecule has 0 aromatic rings. The number of nitrogens with one attached hydrogen (secondary N) is 2. The van der Waals surface area contributed by atoms with Gasteiger partial charge in [0, 0.05) is 13.7 Å². The van der Waals surface area contributed by atoms with E-state index >= 15 is 0 Å². The Kier molecular flexibility index (Phi) is 6.64. The van der Waals surface area contributed by atoms with Gasteiger partial charge in [-0.2, -0.15) is 0 Å². The van der Waals surface area contributed by atoms with Crippen LogP contribution in [0.4, 0.5) is 0 Å². The molecule has 2 unspecified atom stereocenters. The summed E-state index contributed by atoms with van der Waals surface area (Å²) in [6.07, 6.45) is 0. The van der Waals surface area contributed by atoms with Crippen molar-refractivity contribution in [2.24, 2.45) is 5.73 Å². The Balaban J connectivity index is 3.83. The van der Waals surface area contributed by atoms with Gasteiger partial charge in [-0.1, -0.05) is 0 Å². The molecular weight excluding hydrogens is 198 g/mol. The number of rotatable bonds is 7. The summed E-state index contributed by atoms with van der Waals surface area (Å²) in [6, 6.07) is -0.975. The normalized spacial score (nSPS) is 14.3. The fraction of sp³-hybridized carbons (Fsp3) is 0.778. The number of hydrogen-bond donors (Lipinski definition) is 3. The van der Waals surface area contributed by atoms with Crippen molar-refractivity contribution in [2.75, 3.05) is 20.3 Å². The van der Waals surface area contributed by atoms with Crippen LogP contribution in [0.15, 0.2) is 0 Å². The van der Waals surface area contributed by atoms with Crippen LogP contribution in [0.25, 0.3) is 0 Å². The predicted molar refractivity (Wildman–Crippen MR) is 56.1 cm³/mol. The second kappa shape index (κ2) is 7.19. The Morgan fingerprint density at radius 1 is 1.33 bits per heavy atom. The van der Waals surface area contributed by atoms with Crippen molar-refractivity contribution < 1.29 is 14.3 Å². The molecule has 88 valence electrons. The molecule has 0 aliphatic carbocycles. The monoisotopic (exact) mass is 217 g/mol. The summed E-state index contributed by atoms with van der Waals surface area (Å²) in [7, 11) is 1.56. The molecule has 2 atom stereocenters. The van der Waals surface area contributed by atoms with Crippen LogP contribution in [0.3, 0.4) is 0 Å². The number of carbonyl (C=O) groups excluding carboxylic acids is 2. The standard InChI is InChI=1S/C9H19N3O3/c1-6(8(10)13)12-7(2)9(14)11-4-5-15-3/h6-7,12H,4-5H2,1-3H3,(H2,10,13)(H,11,14). The molecule has 4 N–H and O–H groups in total. The van der Waals surface area contributed by atoms with Crippen molar-refractivity contribution in [3.05, 3.63) is 0 Å². The molecule has 0 aliphatic rings. The van der Waals surface area contributed by atoms with Gasteiger partial charge in [0.1, 0.15) is 0 Å². The van der Waals surface area contributed by atoms with Crippen molar-refractivity contribution in [1.82, 2.24) is 10.6 Å². The smallest absolute Gasteiger partial charge is 0.236 e. The molecular formula is C9H19N3O3. The van der Waals surface area contributed by atoms with Crippen LogP contribution in [0.1, 0.15) is 13.8 Å². The first-order valence-electron chi connectivity index (χ1n) is 4.81. The second-order valence-corrected chi connectivity index (χ2v) is 3.30. The molecule has 15 heavy (non-hydrogen) atoms. The summed E-state index contributed by atoms with van der Waals surface area (Å²) in [5.74, 6) is -0.660. The largest absolute Gasteiger partial charge is 0.383 e. The van der Waals surface area contributed by atoms with Gasteiger partial charge in [0.2, 0.25) is 11.8 Å². The second-order valence-electron chi connectivity index (χ2n) is 3.30. The van der Waals surface area contributed by atoms with Gasteiger partial charge in [0.05, 0.1) is 18.7 Å². The zero-order valence-corrected chi connectivity index (χ0v) is 9.37. The molecule has 0 aromatic heterocycles. The van der Waals surface area contributed by atoms with Gasteiger partial charge in [0.25, 0.3) is 0 Å². The molecule has 0 rings (SSSR count). The molecule has 0 saturated heterocycles. The zero-order chi connectivity index (χ0) is 11.8. The number of amides is 2. The molecule has 6 heteroatoms. The molecule has 0 aliphatic heterocycles. The van der Waals surface area contributed by atoms with E-state index in [1.165, 1.54) is 0 Å². The first-order chi connectivity index (χ1) is 6.99. The zero-order valence-electron chi connectivity index (χ0n) is 9.37. The molecule has 0 fully saturated rings. The maximum absolute atomic E-state index is 11.4. The Hall–Kier alpha value is -1.14. The lowest BCUT2D eigenvalue weighted by Gasteiger charge is -2.17. The van der Waals surface area contributed by atoms with E-state index in [2.05, 4.69) is 10.6 Å². The topological polar surface area (TPSA) is 93.4 Å². The Morgan fingerprint density at radius 2 is 1.93 bits per heavy atom. The van der Waals surface area contributed by atoms with E-state index in [1.54, 1.807) is 21.0 Å². The Morgan fingerprint density at radius 3 is 2.40 bits per heavy atom. The van der Waals surface area contributed by atoms with Crippen LogP contribution in [-0.4, -0.2) is 44.2 Å². The van der Waals surface area contributed by atoms with E-state index in [0.717, 1.165) is 0 Å². The van der Waals surface area contributed by atoms with E-state index in [1.807, 2.05) is 0 Å². The van der Waals surface area contributed by atoms with Gasteiger partial charge in [-0.15, -0.1) is 0 Å². The summed E-state index contributed by atoms with van der Waals surface area (Å²) in [5.41, 5.74) is 5.05. The minimum absolute atomic E-state index is 0.180. The first-order valence-corrected chi connectivity index (χ1v) is 4.81. The lowest BCUT2D eigenvalue weighted by Crippen LogP contribution is -2.50. The van der Waals surface area contributed by atoms with Gasteiger partial charge in [-0.25, -0.2) is 0 Å². The molecule has 0 bridgehead atoms. The van der Waals surface area contributed by atoms with Crippen LogP contribution in [0, 0.1) is 0 Å². The Labute approximate surface area is 89.5 Å². The van der Waals surface area contributed by atoms with E-state index in [4.69, 9.17) is 10.5 Å². The highest BCUT2D eigenvalue weighted by Gasteiger charge is 2.17. The quantitative estimate of drug-likeness (QED) is 0.457. The third kappa shape index (κ3) is 6.03. The van der Waals surface area contributed by atoms with E-state index in [0.29, 0.717) is 13.2 Å². The minimum Gasteiger partial charge on any atom is -0.383 e. The highest BCUT2D eigenvalue weighted by Crippen LogP contribution is 1.87. The lowest BCUT2D eigenvalue weighted by molar-refractivity contribution is -0.124. The molecule has 0 heterocycles. The average molecular weight is 217 g/mol. The van der Waals surface area contributed by atoms with Crippen molar-refractivity contribution in [3.63, 3.8) is 0 Å². The highest BCUT2D eigenvalue weighted by atomic mass is 16.5. The third-order valence-electron chi connectivity index (χ3n) is 1.93. The van der Waals surface area contributed by atoms with Crippen LogP contribution < -0.4 is 16.4 Å². The van der Waals surface area contributed by atoms with Gasteiger partial charge >= 0.3 is 0 Å². The number of methoxy groups -OCH3 is 1. The van der Waals surface area contributed by atoms with E-state index in [9.17, 15) is 9.59 Å². The molecule has 6 nitrogen and oxygen atoms in total. The maximum Gasteiger partial charge on any atom is 0.236 e. The summed E-state index contributed by atoms with van der Waals surface area (Å²) in [4.78, 5) is 22.1. The fourth-order valence-corrected chi connectivity index (χ4v) is 0.962. The number of nitrogens with two attached hydrogens (primary N) is 1. The average Bonchev–Trinajstić information content (AvgIpc) is 2.17. The van der Waals surface area contributed by atoms with Crippen molar-refractivity contribution >= 4 is 11.8 Å². The first kappa shape index (κ1) is 13.9. The maximum atomic E-state index is 11.4. The highest BCUT2D eigenvalue weighted by molar-refractivity contribution is 5.83. The third-order valence-corrected chi connectivity index (χ3v) is 1.93. The fourth-order valence-electron chi connectivity index (χ4n) is 0.962. The molecule has 0 spiro atoms. The van der Waals surface area contributed by atoms with E-state index in [-0.39, 0.29) is 5.91 Å². The minimum atomic E-state index is -0.520. The van der Waals surface area contributed by atoms with Crippen molar-refractivity contribution in [1.29, 1.82) is 0 Å². The van der Waals surface area contributed by atoms with Crippen LogP contribution in [-0.2, 0) is 14.3 Å². The summed E-state index contributed by atoms with van der Waals surface area (Å²) in [5, 5.41) is 5.43. The SMILES string of the molecule is COCCNC(=O)C(C)NC(C)C(N)=O.